The van der Waals surface area contributed by atoms with Crippen LogP contribution in [0, 0.1) is 12.7 Å². The number of rotatable bonds is 4. The topological polar surface area (TPSA) is 69.5 Å². The summed E-state index contributed by atoms with van der Waals surface area (Å²) in [5.74, 6) is 1.35. The number of pyridine rings is 1. The maximum absolute atomic E-state index is 15.0. The quantitative estimate of drug-likeness (QED) is 0.410. The molecule has 7 nitrogen and oxygen atoms in total. The second-order valence-corrected chi connectivity index (χ2v) is 8.89. The number of aryl methyl sites for hydroxylation is 1. The second-order valence-electron chi connectivity index (χ2n) is 8.45. The molecule has 0 aliphatic carbocycles. The van der Waals surface area contributed by atoms with Gasteiger partial charge in [0.2, 0.25) is 0 Å². The van der Waals surface area contributed by atoms with Crippen molar-refractivity contribution >= 4 is 28.3 Å². The van der Waals surface area contributed by atoms with Crippen LogP contribution in [0.15, 0.2) is 53.3 Å². The molecule has 1 saturated heterocycles. The number of hydrogen-bond donors (Lipinski definition) is 0. The summed E-state index contributed by atoms with van der Waals surface area (Å²) in [5, 5.41) is 0.531. The van der Waals surface area contributed by atoms with E-state index in [2.05, 4.69) is 9.88 Å². The zero-order valence-electron chi connectivity index (χ0n) is 19.6. The third-order valence-corrected chi connectivity index (χ3v) is 6.55. The van der Waals surface area contributed by atoms with E-state index in [0.29, 0.717) is 36.9 Å². The van der Waals surface area contributed by atoms with Crippen molar-refractivity contribution in [1.29, 1.82) is 0 Å². The van der Waals surface area contributed by atoms with E-state index in [-0.39, 0.29) is 33.3 Å². The maximum atomic E-state index is 15.0. The summed E-state index contributed by atoms with van der Waals surface area (Å²) in [7, 11) is 3.27. The number of hydrogen-bond acceptors (Lipinski definition) is 6. The standard InChI is InChI=1S/C26H24ClFN4O3/c1-15-29-21-13-23(32-9-10-35-22(14-32)16-5-4-6-18(11-16)34-3)30-25(24(21)26(33)31(15)2)19-8-7-17(27)12-20(19)28/h4-8,11-13,22H,9-10,14H2,1-3H3/t22-/m1/s1. The lowest BCUT2D eigenvalue weighted by molar-refractivity contribution is 0.0394. The minimum atomic E-state index is -0.553. The number of morpholine rings is 1. The summed E-state index contributed by atoms with van der Waals surface area (Å²) in [6.07, 6.45) is -0.203. The van der Waals surface area contributed by atoms with E-state index in [1.807, 2.05) is 24.3 Å². The van der Waals surface area contributed by atoms with Gasteiger partial charge in [0.15, 0.2) is 0 Å². The predicted octanol–water partition coefficient (Wildman–Crippen LogP) is 4.68. The molecule has 0 bridgehead atoms. The Bertz CT molecular complexity index is 1490. The Balaban J connectivity index is 1.64. The number of halogens is 2. The lowest BCUT2D eigenvalue weighted by atomic mass is 10.1. The molecule has 1 aliphatic rings. The molecule has 0 saturated carbocycles. The Labute approximate surface area is 206 Å². The van der Waals surface area contributed by atoms with Crippen LogP contribution in [-0.2, 0) is 11.8 Å². The number of anilines is 1. The zero-order chi connectivity index (χ0) is 24.7. The largest absolute Gasteiger partial charge is 0.497 e. The average molecular weight is 495 g/mol. The molecule has 2 aromatic carbocycles. The molecule has 1 fully saturated rings. The molecule has 0 amide bonds. The molecular weight excluding hydrogens is 471 g/mol. The van der Waals surface area contributed by atoms with Crippen molar-refractivity contribution in [3.8, 4) is 17.0 Å². The molecule has 0 unspecified atom stereocenters. The minimum Gasteiger partial charge on any atom is -0.497 e. The molecule has 0 spiro atoms. The van der Waals surface area contributed by atoms with Gasteiger partial charge in [0.1, 0.15) is 29.3 Å². The molecule has 9 heteroatoms. The highest BCUT2D eigenvalue weighted by Crippen LogP contribution is 2.33. The van der Waals surface area contributed by atoms with Gasteiger partial charge < -0.3 is 14.4 Å². The van der Waals surface area contributed by atoms with Gasteiger partial charge in [-0.25, -0.2) is 14.4 Å². The summed E-state index contributed by atoms with van der Waals surface area (Å²) in [6.45, 7) is 3.36. The first-order valence-corrected chi connectivity index (χ1v) is 11.6. The number of methoxy groups -OCH3 is 1. The van der Waals surface area contributed by atoms with Crippen molar-refractivity contribution in [2.45, 2.75) is 13.0 Å². The summed E-state index contributed by atoms with van der Waals surface area (Å²) >= 11 is 5.98. The molecule has 0 N–H and O–H groups in total. The third-order valence-electron chi connectivity index (χ3n) is 6.31. The van der Waals surface area contributed by atoms with Crippen LogP contribution in [-0.4, -0.2) is 41.3 Å². The van der Waals surface area contributed by atoms with Crippen LogP contribution in [0.1, 0.15) is 17.5 Å². The van der Waals surface area contributed by atoms with Crippen LogP contribution in [0.25, 0.3) is 22.2 Å². The number of ether oxygens (including phenoxy) is 2. The summed E-state index contributed by atoms with van der Waals surface area (Å²) in [4.78, 5) is 24.7. The normalized spacial score (nSPS) is 16.0. The van der Waals surface area contributed by atoms with Gasteiger partial charge in [-0.1, -0.05) is 23.7 Å². The Kier molecular flexibility index (Phi) is 6.17. The predicted molar refractivity (Wildman–Crippen MR) is 134 cm³/mol. The second kappa shape index (κ2) is 9.28. The van der Waals surface area contributed by atoms with Crippen molar-refractivity contribution in [2.75, 3.05) is 31.7 Å². The summed E-state index contributed by atoms with van der Waals surface area (Å²) in [5.41, 5.74) is 1.60. The van der Waals surface area contributed by atoms with E-state index in [9.17, 15) is 4.79 Å². The Morgan fingerprint density at radius 3 is 2.77 bits per heavy atom. The van der Waals surface area contributed by atoms with E-state index in [4.69, 9.17) is 26.1 Å². The molecule has 4 aromatic rings. The Hall–Kier alpha value is -3.49. The summed E-state index contributed by atoms with van der Waals surface area (Å²) < 4.78 is 27.8. The molecule has 2 aromatic heterocycles. The van der Waals surface area contributed by atoms with Crippen molar-refractivity contribution < 1.29 is 13.9 Å². The van der Waals surface area contributed by atoms with Gasteiger partial charge in [-0.2, -0.15) is 0 Å². The molecule has 5 rings (SSSR count). The zero-order valence-corrected chi connectivity index (χ0v) is 20.3. The van der Waals surface area contributed by atoms with Gasteiger partial charge in [-0.3, -0.25) is 9.36 Å². The molecule has 1 atom stereocenters. The first-order valence-electron chi connectivity index (χ1n) is 11.2. The molecular formula is C26H24ClFN4O3. The van der Waals surface area contributed by atoms with Crippen molar-refractivity contribution in [3.63, 3.8) is 0 Å². The van der Waals surface area contributed by atoms with Crippen LogP contribution in [0.2, 0.25) is 5.02 Å². The van der Waals surface area contributed by atoms with Crippen LogP contribution in [0.4, 0.5) is 10.2 Å². The number of nitrogens with zero attached hydrogens (tertiary/aromatic N) is 4. The fourth-order valence-corrected chi connectivity index (χ4v) is 4.48. The van der Waals surface area contributed by atoms with Crippen LogP contribution in [0.5, 0.6) is 5.75 Å². The summed E-state index contributed by atoms with van der Waals surface area (Å²) in [6, 6.07) is 13.9. The third kappa shape index (κ3) is 4.35. The fourth-order valence-electron chi connectivity index (χ4n) is 4.32. The van der Waals surface area contributed by atoms with Gasteiger partial charge in [0.25, 0.3) is 5.56 Å². The molecule has 35 heavy (non-hydrogen) atoms. The molecule has 180 valence electrons. The molecule has 0 radical (unpaired) electrons. The van der Waals surface area contributed by atoms with E-state index < -0.39 is 5.82 Å². The van der Waals surface area contributed by atoms with Gasteiger partial charge >= 0.3 is 0 Å². The smallest absolute Gasteiger partial charge is 0.263 e. The number of aromatic nitrogens is 3. The van der Waals surface area contributed by atoms with E-state index in [1.54, 1.807) is 39.3 Å². The van der Waals surface area contributed by atoms with Crippen molar-refractivity contribution in [1.82, 2.24) is 14.5 Å². The van der Waals surface area contributed by atoms with Crippen LogP contribution in [0.3, 0.4) is 0 Å². The van der Waals surface area contributed by atoms with E-state index in [0.717, 1.165) is 11.3 Å². The number of fused-ring (bicyclic) bond motifs is 1. The van der Waals surface area contributed by atoms with Crippen molar-refractivity contribution in [2.24, 2.45) is 7.05 Å². The fraction of sp³-hybridized carbons (Fsp3) is 0.269. The number of benzene rings is 2. The van der Waals surface area contributed by atoms with Gasteiger partial charge in [-0.05, 0) is 42.8 Å². The van der Waals surface area contributed by atoms with Gasteiger partial charge in [0.05, 0.1) is 30.3 Å². The SMILES string of the molecule is COc1cccc([C@H]2CN(c3cc4nc(C)n(C)c(=O)c4c(-c4ccc(Cl)cc4F)n3)CCO2)c1. The Morgan fingerprint density at radius 2 is 2.00 bits per heavy atom. The average Bonchev–Trinajstić information content (AvgIpc) is 2.87. The lowest BCUT2D eigenvalue weighted by Crippen LogP contribution is -2.39. The van der Waals surface area contributed by atoms with E-state index >= 15 is 4.39 Å². The van der Waals surface area contributed by atoms with Crippen LogP contribution >= 0.6 is 11.6 Å². The monoisotopic (exact) mass is 494 g/mol. The molecule has 1 aliphatic heterocycles. The van der Waals surface area contributed by atoms with E-state index in [1.165, 1.54) is 10.6 Å². The first-order chi connectivity index (χ1) is 16.9. The van der Waals surface area contributed by atoms with Crippen molar-refractivity contribution in [3.05, 3.63) is 81.1 Å². The van der Waals surface area contributed by atoms with Gasteiger partial charge in [-0.15, -0.1) is 0 Å². The highest BCUT2D eigenvalue weighted by Gasteiger charge is 2.26. The Morgan fingerprint density at radius 1 is 1.17 bits per heavy atom. The van der Waals surface area contributed by atoms with Gasteiger partial charge in [0, 0.05) is 36.8 Å². The maximum Gasteiger partial charge on any atom is 0.263 e. The minimum absolute atomic E-state index is 0.196. The highest BCUT2D eigenvalue weighted by atomic mass is 35.5. The lowest BCUT2D eigenvalue weighted by Gasteiger charge is -2.34. The molecule has 3 heterocycles. The highest BCUT2D eigenvalue weighted by molar-refractivity contribution is 6.30. The first kappa shape index (κ1) is 23.3. The van der Waals surface area contributed by atoms with Crippen LogP contribution < -0.4 is 15.2 Å².